The number of carbonyl (C=O) groups excluding carboxylic acids is 1. The minimum absolute atomic E-state index is 0.0611. The summed E-state index contributed by atoms with van der Waals surface area (Å²) in [5.74, 6) is 0.526. The lowest BCUT2D eigenvalue weighted by atomic mass is 10.1. The number of aromatic nitrogens is 6. The minimum Gasteiger partial charge on any atom is -0.352 e. The lowest BCUT2D eigenvalue weighted by Gasteiger charge is -2.07. The van der Waals surface area contributed by atoms with Crippen LogP contribution in [-0.4, -0.2) is 41.6 Å². The Kier molecular flexibility index (Phi) is 4.86. The van der Waals surface area contributed by atoms with Crippen LogP contribution in [0.25, 0.3) is 5.78 Å². The fourth-order valence-corrected chi connectivity index (χ4v) is 2.84. The van der Waals surface area contributed by atoms with Crippen molar-refractivity contribution in [2.24, 2.45) is 0 Å². The average molecular weight is 361 g/mol. The number of nitrogens with zero attached hydrogens (tertiary/aromatic N) is 6. The van der Waals surface area contributed by atoms with Gasteiger partial charge in [-0.25, -0.2) is 14.5 Å². The largest absolute Gasteiger partial charge is 0.352 e. The van der Waals surface area contributed by atoms with Crippen molar-refractivity contribution in [3.63, 3.8) is 0 Å². The highest BCUT2D eigenvalue weighted by Crippen LogP contribution is 2.07. The number of carbonyl (C=O) groups is 1. The van der Waals surface area contributed by atoms with E-state index >= 15 is 0 Å². The maximum Gasteiger partial charge on any atom is 0.252 e. The summed E-state index contributed by atoms with van der Waals surface area (Å²) in [5, 5.41) is 7.03. The van der Waals surface area contributed by atoms with Crippen LogP contribution in [0.2, 0.25) is 0 Å². The second-order valence-corrected chi connectivity index (χ2v) is 6.26. The molecule has 0 saturated carbocycles. The number of hydrogen-bond donors (Lipinski definition) is 1. The summed E-state index contributed by atoms with van der Waals surface area (Å²) in [6.07, 6.45) is 12.3. The van der Waals surface area contributed by atoms with Gasteiger partial charge in [-0.2, -0.15) is 10.1 Å². The number of hydrogen-bond acceptors (Lipinski definition) is 5. The van der Waals surface area contributed by atoms with E-state index in [0.717, 1.165) is 30.5 Å². The Labute approximate surface area is 155 Å². The molecule has 136 valence electrons. The molecule has 3 aromatic heterocycles. The third-order valence-electron chi connectivity index (χ3n) is 4.26. The van der Waals surface area contributed by atoms with Crippen LogP contribution in [0.15, 0.2) is 61.7 Å². The van der Waals surface area contributed by atoms with Crippen LogP contribution in [0.3, 0.4) is 0 Å². The molecule has 0 aliphatic rings. The van der Waals surface area contributed by atoms with Gasteiger partial charge in [-0.15, -0.1) is 0 Å². The highest BCUT2D eigenvalue weighted by molar-refractivity contribution is 5.94. The molecule has 8 nitrogen and oxygen atoms in total. The zero-order valence-corrected chi connectivity index (χ0v) is 14.7. The Morgan fingerprint density at radius 2 is 2.00 bits per heavy atom. The first-order valence-electron chi connectivity index (χ1n) is 8.75. The second kappa shape index (κ2) is 7.77. The summed E-state index contributed by atoms with van der Waals surface area (Å²) in [4.78, 5) is 24.5. The highest BCUT2D eigenvalue weighted by Gasteiger charge is 2.05. The molecular formula is C19H19N7O. The summed E-state index contributed by atoms with van der Waals surface area (Å²) in [5.41, 5.74) is 2.85. The molecule has 27 heavy (non-hydrogen) atoms. The quantitative estimate of drug-likeness (QED) is 0.506. The molecule has 1 amide bonds. The lowest BCUT2D eigenvalue weighted by molar-refractivity contribution is 0.0953. The molecule has 0 saturated heterocycles. The average Bonchev–Trinajstić information content (AvgIpc) is 3.37. The van der Waals surface area contributed by atoms with E-state index in [0.29, 0.717) is 17.9 Å². The van der Waals surface area contributed by atoms with E-state index in [1.54, 1.807) is 23.2 Å². The van der Waals surface area contributed by atoms with Crippen LogP contribution in [0.5, 0.6) is 0 Å². The Morgan fingerprint density at radius 1 is 1.11 bits per heavy atom. The van der Waals surface area contributed by atoms with Crippen molar-refractivity contribution in [3.05, 3.63) is 78.4 Å². The number of benzene rings is 1. The van der Waals surface area contributed by atoms with Gasteiger partial charge >= 0.3 is 0 Å². The van der Waals surface area contributed by atoms with Gasteiger partial charge in [0, 0.05) is 43.4 Å². The summed E-state index contributed by atoms with van der Waals surface area (Å²) in [6, 6.07) is 7.64. The number of rotatable bonds is 7. The van der Waals surface area contributed by atoms with Crippen LogP contribution in [-0.2, 0) is 13.0 Å². The van der Waals surface area contributed by atoms with E-state index in [9.17, 15) is 4.79 Å². The third-order valence-corrected chi connectivity index (χ3v) is 4.26. The van der Waals surface area contributed by atoms with E-state index < -0.39 is 0 Å². The van der Waals surface area contributed by atoms with Gasteiger partial charge < -0.3 is 9.88 Å². The molecule has 0 spiro atoms. The fourth-order valence-electron chi connectivity index (χ4n) is 2.84. The molecule has 0 radical (unpaired) electrons. The first-order valence-corrected chi connectivity index (χ1v) is 8.75. The standard InChI is InChI=1S/C19H19N7O/c27-18(17-5-3-15(4-6-17)11-25-9-8-20-14-25)21-7-1-2-16-10-22-19-23-13-24-26(19)12-16/h3-6,8-10,12-14H,1-2,7,11H2,(H,21,27). The smallest absolute Gasteiger partial charge is 0.252 e. The van der Waals surface area contributed by atoms with Crippen LogP contribution in [0, 0.1) is 0 Å². The maximum absolute atomic E-state index is 12.3. The number of nitrogens with one attached hydrogen (secondary N) is 1. The third kappa shape index (κ3) is 4.17. The van der Waals surface area contributed by atoms with Gasteiger partial charge in [0.15, 0.2) is 0 Å². The normalized spacial score (nSPS) is 11.0. The van der Waals surface area contributed by atoms with Crippen molar-refractivity contribution in [2.75, 3.05) is 6.54 Å². The molecule has 0 fully saturated rings. The summed E-state index contributed by atoms with van der Waals surface area (Å²) < 4.78 is 3.64. The molecule has 3 heterocycles. The molecule has 1 aromatic carbocycles. The molecule has 0 aliphatic carbocycles. The van der Waals surface area contributed by atoms with Gasteiger partial charge in [-0.1, -0.05) is 12.1 Å². The van der Waals surface area contributed by atoms with Gasteiger partial charge in [-0.05, 0) is 36.1 Å². The van der Waals surface area contributed by atoms with Gasteiger partial charge in [0.1, 0.15) is 6.33 Å². The van der Waals surface area contributed by atoms with Crippen molar-refractivity contribution >= 4 is 11.7 Å². The summed E-state index contributed by atoms with van der Waals surface area (Å²) in [7, 11) is 0. The molecular weight excluding hydrogens is 342 g/mol. The monoisotopic (exact) mass is 361 g/mol. The zero-order valence-electron chi connectivity index (χ0n) is 14.7. The Hall–Kier alpha value is -3.55. The van der Waals surface area contributed by atoms with E-state index in [4.69, 9.17) is 0 Å². The predicted octanol–water partition coefficient (Wildman–Crippen LogP) is 1.73. The zero-order chi connectivity index (χ0) is 18.5. The topological polar surface area (TPSA) is 90.0 Å². The number of amides is 1. The fraction of sp³-hybridized carbons (Fsp3) is 0.211. The highest BCUT2D eigenvalue weighted by atomic mass is 16.1. The van der Waals surface area contributed by atoms with E-state index in [2.05, 4.69) is 25.4 Å². The minimum atomic E-state index is -0.0611. The maximum atomic E-state index is 12.3. The van der Waals surface area contributed by atoms with Crippen LogP contribution >= 0.6 is 0 Å². The predicted molar refractivity (Wildman–Crippen MR) is 99.2 cm³/mol. The van der Waals surface area contributed by atoms with Crippen molar-refractivity contribution in [1.82, 2.24) is 34.4 Å². The molecule has 0 atom stereocenters. The molecule has 0 aliphatic heterocycles. The van der Waals surface area contributed by atoms with Crippen molar-refractivity contribution < 1.29 is 4.79 Å². The van der Waals surface area contributed by atoms with E-state index in [-0.39, 0.29) is 5.91 Å². The first kappa shape index (κ1) is 16.9. The molecule has 0 bridgehead atoms. The SMILES string of the molecule is O=C(NCCCc1cnc2ncnn2c1)c1ccc(Cn2ccnc2)cc1. The number of fused-ring (bicyclic) bond motifs is 1. The molecule has 0 unspecified atom stereocenters. The van der Waals surface area contributed by atoms with E-state index in [1.165, 1.54) is 6.33 Å². The van der Waals surface area contributed by atoms with Crippen molar-refractivity contribution in [1.29, 1.82) is 0 Å². The molecule has 4 rings (SSSR count). The first-order chi connectivity index (χ1) is 13.3. The van der Waals surface area contributed by atoms with E-state index in [1.807, 2.05) is 41.2 Å². The summed E-state index contributed by atoms with van der Waals surface area (Å²) in [6.45, 7) is 1.34. The Morgan fingerprint density at radius 3 is 2.81 bits per heavy atom. The van der Waals surface area contributed by atoms with Crippen molar-refractivity contribution in [2.45, 2.75) is 19.4 Å². The number of imidazole rings is 1. The van der Waals surface area contributed by atoms with Gasteiger partial charge in [0.25, 0.3) is 11.7 Å². The Balaban J connectivity index is 1.25. The molecule has 4 aromatic rings. The van der Waals surface area contributed by atoms with Gasteiger partial charge in [0.2, 0.25) is 0 Å². The second-order valence-electron chi connectivity index (χ2n) is 6.26. The van der Waals surface area contributed by atoms with Crippen LogP contribution in [0.1, 0.15) is 27.9 Å². The summed E-state index contributed by atoms with van der Waals surface area (Å²) >= 11 is 0. The lowest BCUT2D eigenvalue weighted by Crippen LogP contribution is -2.24. The van der Waals surface area contributed by atoms with Crippen molar-refractivity contribution in [3.8, 4) is 0 Å². The molecule has 8 heteroatoms. The van der Waals surface area contributed by atoms with Crippen LogP contribution in [0.4, 0.5) is 0 Å². The Bertz CT molecular complexity index is 1020. The number of aryl methyl sites for hydroxylation is 1. The van der Waals surface area contributed by atoms with Crippen LogP contribution < -0.4 is 5.32 Å². The van der Waals surface area contributed by atoms with Gasteiger partial charge in [0.05, 0.1) is 6.33 Å². The molecule has 1 N–H and O–H groups in total. The van der Waals surface area contributed by atoms with Gasteiger partial charge in [-0.3, -0.25) is 4.79 Å².